The minimum Gasteiger partial charge on any atom is -0.496 e. The molecule has 0 amide bonds. The summed E-state index contributed by atoms with van der Waals surface area (Å²) in [5.41, 5.74) is 6.99. The summed E-state index contributed by atoms with van der Waals surface area (Å²) in [6, 6.07) is 6.15. The third-order valence-electron chi connectivity index (χ3n) is 3.49. The highest BCUT2D eigenvalue weighted by atomic mass is 79.9. The van der Waals surface area contributed by atoms with E-state index in [1.54, 1.807) is 7.11 Å². The number of nitrogens with zero attached hydrogens (tertiary/aromatic N) is 1. The van der Waals surface area contributed by atoms with Crippen LogP contribution in [0.1, 0.15) is 18.9 Å². The maximum atomic E-state index is 5.75. The Labute approximate surface area is 125 Å². The second-order valence-electron chi connectivity index (χ2n) is 4.98. The second kappa shape index (κ2) is 8.56. The van der Waals surface area contributed by atoms with Crippen molar-refractivity contribution < 1.29 is 4.74 Å². The van der Waals surface area contributed by atoms with Crippen molar-refractivity contribution in [2.45, 2.75) is 19.8 Å². The van der Waals surface area contributed by atoms with Crippen LogP contribution < -0.4 is 10.5 Å². The van der Waals surface area contributed by atoms with Crippen LogP contribution in [0.3, 0.4) is 0 Å². The van der Waals surface area contributed by atoms with E-state index in [1.807, 2.05) is 12.1 Å². The van der Waals surface area contributed by atoms with Gasteiger partial charge in [-0.1, -0.05) is 29.3 Å². The molecule has 0 aromatic heterocycles. The Hall–Kier alpha value is -0.580. The van der Waals surface area contributed by atoms with Gasteiger partial charge in [-0.25, -0.2) is 0 Å². The van der Waals surface area contributed by atoms with Crippen molar-refractivity contribution in [3.63, 3.8) is 0 Å². The van der Waals surface area contributed by atoms with Crippen molar-refractivity contribution in [3.8, 4) is 5.75 Å². The van der Waals surface area contributed by atoms with Crippen molar-refractivity contribution in [1.82, 2.24) is 4.90 Å². The number of hydrogen-bond acceptors (Lipinski definition) is 3. The Kier molecular flexibility index (Phi) is 7.42. The van der Waals surface area contributed by atoms with Crippen molar-refractivity contribution in [2.75, 3.05) is 33.8 Å². The number of hydrogen-bond donors (Lipinski definition) is 1. The van der Waals surface area contributed by atoms with E-state index in [0.717, 1.165) is 42.7 Å². The summed E-state index contributed by atoms with van der Waals surface area (Å²) in [6.07, 6.45) is 2.13. The maximum absolute atomic E-state index is 5.75. The van der Waals surface area contributed by atoms with Crippen LogP contribution in [0.2, 0.25) is 0 Å². The lowest BCUT2D eigenvalue weighted by Crippen LogP contribution is -2.31. The van der Waals surface area contributed by atoms with Gasteiger partial charge in [0.05, 0.1) is 7.11 Å². The molecule has 108 valence electrons. The van der Waals surface area contributed by atoms with Crippen molar-refractivity contribution >= 4 is 15.9 Å². The lowest BCUT2D eigenvalue weighted by molar-refractivity contribution is 0.276. The molecule has 0 fully saturated rings. The van der Waals surface area contributed by atoms with Crippen LogP contribution in [0, 0.1) is 5.92 Å². The minimum atomic E-state index is 0.592. The van der Waals surface area contributed by atoms with Gasteiger partial charge in [-0.3, -0.25) is 0 Å². The standard InChI is InChI=1S/C15H25BrN2O/c1-4-12(10-17)11-18(2)8-7-13-9-14(16)5-6-15(13)19-3/h5-6,9,12H,4,7-8,10-11,17H2,1-3H3. The molecule has 0 bridgehead atoms. The first-order valence-electron chi connectivity index (χ1n) is 6.81. The predicted octanol–water partition coefficient (Wildman–Crippen LogP) is 2.92. The van der Waals surface area contributed by atoms with Crippen LogP contribution in [0.25, 0.3) is 0 Å². The average molecular weight is 329 g/mol. The molecule has 1 aromatic carbocycles. The summed E-state index contributed by atoms with van der Waals surface area (Å²) in [5, 5.41) is 0. The molecular formula is C15H25BrN2O. The van der Waals surface area contributed by atoms with Crippen LogP contribution in [-0.4, -0.2) is 38.7 Å². The van der Waals surface area contributed by atoms with Gasteiger partial charge in [0, 0.05) is 17.6 Å². The highest BCUT2D eigenvalue weighted by Gasteiger charge is 2.09. The summed E-state index contributed by atoms with van der Waals surface area (Å²) in [6.45, 7) is 5.04. The highest BCUT2D eigenvalue weighted by molar-refractivity contribution is 9.10. The molecule has 19 heavy (non-hydrogen) atoms. The molecule has 3 nitrogen and oxygen atoms in total. The SMILES string of the molecule is CCC(CN)CN(C)CCc1cc(Br)ccc1OC. The van der Waals surface area contributed by atoms with Crippen LogP contribution in [0.15, 0.2) is 22.7 Å². The molecule has 1 aromatic rings. The smallest absolute Gasteiger partial charge is 0.122 e. The van der Waals surface area contributed by atoms with Crippen LogP contribution in [0.5, 0.6) is 5.75 Å². The molecule has 0 aliphatic rings. The van der Waals surface area contributed by atoms with Gasteiger partial charge in [-0.05, 0) is 49.7 Å². The number of likely N-dealkylation sites (N-methyl/N-ethyl adjacent to an activating group) is 1. The normalized spacial score (nSPS) is 12.7. The number of rotatable bonds is 8. The van der Waals surface area contributed by atoms with E-state index in [-0.39, 0.29) is 0 Å². The Morgan fingerprint density at radius 3 is 2.74 bits per heavy atom. The summed E-state index contributed by atoms with van der Waals surface area (Å²) < 4.78 is 6.49. The van der Waals surface area contributed by atoms with E-state index < -0.39 is 0 Å². The number of benzene rings is 1. The number of ether oxygens (including phenoxy) is 1. The van der Waals surface area contributed by atoms with E-state index in [9.17, 15) is 0 Å². The molecule has 4 heteroatoms. The number of nitrogens with two attached hydrogens (primary N) is 1. The van der Waals surface area contributed by atoms with Crippen molar-refractivity contribution in [3.05, 3.63) is 28.2 Å². The van der Waals surface area contributed by atoms with Crippen LogP contribution in [0.4, 0.5) is 0 Å². The topological polar surface area (TPSA) is 38.5 Å². The second-order valence-corrected chi connectivity index (χ2v) is 5.89. The molecule has 1 rings (SSSR count). The fourth-order valence-electron chi connectivity index (χ4n) is 2.16. The van der Waals surface area contributed by atoms with Gasteiger partial charge in [-0.15, -0.1) is 0 Å². The first kappa shape index (κ1) is 16.5. The average Bonchev–Trinajstić information content (AvgIpc) is 2.42. The molecule has 1 atom stereocenters. The molecule has 0 saturated heterocycles. The highest BCUT2D eigenvalue weighted by Crippen LogP contribution is 2.23. The maximum Gasteiger partial charge on any atom is 0.122 e. The number of methoxy groups -OCH3 is 1. The van der Waals surface area contributed by atoms with Gasteiger partial charge in [0.25, 0.3) is 0 Å². The summed E-state index contributed by atoms with van der Waals surface area (Å²) in [5.74, 6) is 1.55. The first-order valence-corrected chi connectivity index (χ1v) is 7.61. The van der Waals surface area contributed by atoms with Gasteiger partial charge >= 0.3 is 0 Å². The fraction of sp³-hybridized carbons (Fsp3) is 0.600. The van der Waals surface area contributed by atoms with Gasteiger partial charge in [0.15, 0.2) is 0 Å². The van der Waals surface area contributed by atoms with Crippen molar-refractivity contribution in [1.29, 1.82) is 0 Å². The zero-order valence-corrected chi connectivity index (χ0v) is 13.7. The third-order valence-corrected chi connectivity index (χ3v) is 3.98. The molecule has 0 spiro atoms. The van der Waals surface area contributed by atoms with E-state index in [2.05, 4.69) is 40.9 Å². The molecule has 0 heterocycles. The van der Waals surface area contributed by atoms with Gasteiger partial charge in [-0.2, -0.15) is 0 Å². The largest absolute Gasteiger partial charge is 0.496 e. The fourth-order valence-corrected chi connectivity index (χ4v) is 2.56. The Morgan fingerprint density at radius 1 is 1.42 bits per heavy atom. The summed E-state index contributed by atoms with van der Waals surface area (Å²) in [7, 11) is 3.88. The van der Waals surface area contributed by atoms with E-state index in [0.29, 0.717) is 5.92 Å². The third kappa shape index (κ3) is 5.51. The molecule has 0 aliphatic carbocycles. The van der Waals surface area contributed by atoms with E-state index >= 15 is 0 Å². The minimum absolute atomic E-state index is 0.592. The Balaban J connectivity index is 2.54. The van der Waals surface area contributed by atoms with Gasteiger partial charge < -0.3 is 15.4 Å². The molecule has 0 saturated carbocycles. The van der Waals surface area contributed by atoms with Gasteiger partial charge in [0.2, 0.25) is 0 Å². The first-order chi connectivity index (χ1) is 9.10. The van der Waals surface area contributed by atoms with Crippen LogP contribution in [-0.2, 0) is 6.42 Å². The van der Waals surface area contributed by atoms with Crippen molar-refractivity contribution in [2.24, 2.45) is 11.7 Å². The molecule has 1 unspecified atom stereocenters. The Bertz CT molecular complexity index is 380. The molecule has 0 aliphatic heterocycles. The predicted molar refractivity (Wildman–Crippen MR) is 84.7 cm³/mol. The lowest BCUT2D eigenvalue weighted by atomic mass is 10.1. The van der Waals surface area contributed by atoms with E-state index in [4.69, 9.17) is 10.5 Å². The summed E-state index contributed by atoms with van der Waals surface area (Å²) in [4.78, 5) is 2.35. The Morgan fingerprint density at radius 2 is 2.16 bits per heavy atom. The van der Waals surface area contributed by atoms with E-state index in [1.165, 1.54) is 5.56 Å². The molecule has 2 N–H and O–H groups in total. The van der Waals surface area contributed by atoms with Gasteiger partial charge in [0.1, 0.15) is 5.75 Å². The monoisotopic (exact) mass is 328 g/mol. The lowest BCUT2D eigenvalue weighted by Gasteiger charge is -2.22. The summed E-state index contributed by atoms with van der Waals surface area (Å²) >= 11 is 3.51. The van der Waals surface area contributed by atoms with Crippen LogP contribution >= 0.6 is 15.9 Å². The quantitative estimate of drug-likeness (QED) is 0.797. The molecular weight excluding hydrogens is 304 g/mol. The zero-order chi connectivity index (χ0) is 14.3. The molecule has 0 radical (unpaired) electrons. The zero-order valence-electron chi connectivity index (χ0n) is 12.2. The number of halogens is 1.